The average molecular weight is 298 g/mol. The maximum atomic E-state index is 5.29. The topological polar surface area (TPSA) is 55.7 Å². The molecule has 0 aromatic carbocycles. The fourth-order valence-corrected chi connectivity index (χ4v) is 3.40. The van der Waals surface area contributed by atoms with E-state index in [1.165, 1.54) is 0 Å². The van der Waals surface area contributed by atoms with Gasteiger partial charge in [-0.05, 0) is 32.5 Å². The van der Waals surface area contributed by atoms with E-state index in [0.29, 0.717) is 11.4 Å². The molecule has 2 heterocycles. The molecular formula is C12H18N4OS2. The lowest BCUT2D eigenvalue weighted by molar-refractivity contribution is 0.184. The average Bonchev–Trinajstić information content (AvgIpc) is 2.92. The molecule has 0 aliphatic rings. The normalized spacial score (nSPS) is 11.4. The minimum Gasteiger partial charge on any atom is -0.378 e. The standard InChI is InChI=1S/C12H18N4OS2/c1-5-8-10(19-9(13-8)6-17-4)11-14-15-12(18)16(11)7(2)3/h7H,5-6H2,1-4H3,(H,15,18). The highest BCUT2D eigenvalue weighted by atomic mass is 32.1. The van der Waals surface area contributed by atoms with E-state index in [1.54, 1.807) is 18.4 Å². The van der Waals surface area contributed by atoms with Crippen molar-refractivity contribution >= 4 is 23.6 Å². The number of ether oxygens (including phenoxy) is 1. The molecule has 2 aromatic rings. The molecule has 0 aliphatic carbocycles. The van der Waals surface area contributed by atoms with Gasteiger partial charge in [0.15, 0.2) is 10.6 Å². The summed E-state index contributed by atoms with van der Waals surface area (Å²) in [4.78, 5) is 5.68. The van der Waals surface area contributed by atoms with E-state index in [1.807, 2.05) is 4.57 Å². The van der Waals surface area contributed by atoms with E-state index >= 15 is 0 Å². The number of aryl methyl sites for hydroxylation is 1. The molecule has 0 aliphatic heterocycles. The van der Waals surface area contributed by atoms with Crippen LogP contribution in [0.2, 0.25) is 0 Å². The number of hydrogen-bond donors (Lipinski definition) is 1. The molecule has 0 spiro atoms. The van der Waals surface area contributed by atoms with Gasteiger partial charge in [-0.2, -0.15) is 5.10 Å². The SMILES string of the molecule is CCc1nc(COC)sc1-c1n[nH]c(=S)n1C(C)C. The van der Waals surface area contributed by atoms with Gasteiger partial charge >= 0.3 is 0 Å². The van der Waals surface area contributed by atoms with Crippen molar-refractivity contribution in [3.8, 4) is 10.7 Å². The molecule has 104 valence electrons. The summed E-state index contributed by atoms with van der Waals surface area (Å²) in [5, 5.41) is 8.21. The van der Waals surface area contributed by atoms with Gasteiger partial charge in [-0.15, -0.1) is 11.3 Å². The fraction of sp³-hybridized carbons (Fsp3) is 0.583. The molecule has 7 heteroatoms. The third-order valence-electron chi connectivity index (χ3n) is 2.77. The van der Waals surface area contributed by atoms with Crippen LogP contribution >= 0.6 is 23.6 Å². The lowest BCUT2D eigenvalue weighted by Crippen LogP contribution is -2.03. The van der Waals surface area contributed by atoms with Gasteiger partial charge in [0.2, 0.25) is 0 Å². The van der Waals surface area contributed by atoms with E-state index in [-0.39, 0.29) is 6.04 Å². The molecule has 0 fully saturated rings. The summed E-state index contributed by atoms with van der Waals surface area (Å²) in [6.07, 6.45) is 0.868. The van der Waals surface area contributed by atoms with Gasteiger partial charge in [0.25, 0.3) is 0 Å². The van der Waals surface area contributed by atoms with Crippen LogP contribution < -0.4 is 0 Å². The Morgan fingerprint density at radius 1 is 1.47 bits per heavy atom. The highest BCUT2D eigenvalue weighted by Gasteiger charge is 2.18. The number of nitrogens with one attached hydrogen (secondary N) is 1. The molecule has 0 saturated heterocycles. The zero-order valence-corrected chi connectivity index (χ0v) is 13.2. The largest absolute Gasteiger partial charge is 0.378 e. The second-order valence-electron chi connectivity index (χ2n) is 4.49. The van der Waals surface area contributed by atoms with E-state index in [0.717, 1.165) is 27.8 Å². The number of nitrogens with zero attached hydrogens (tertiary/aromatic N) is 3. The second-order valence-corrected chi connectivity index (χ2v) is 5.96. The molecule has 0 unspecified atom stereocenters. The van der Waals surface area contributed by atoms with Crippen molar-refractivity contribution in [2.75, 3.05) is 7.11 Å². The molecule has 0 radical (unpaired) electrons. The number of aromatic amines is 1. The van der Waals surface area contributed by atoms with Crippen molar-refractivity contribution in [2.24, 2.45) is 0 Å². The summed E-state index contributed by atoms with van der Waals surface area (Å²) >= 11 is 6.91. The maximum absolute atomic E-state index is 5.29. The summed E-state index contributed by atoms with van der Waals surface area (Å²) in [5.74, 6) is 0.872. The number of methoxy groups -OCH3 is 1. The lowest BCUT2D eigenvalue weighted by Gasteiger charge is -2.09. The molecule has 0 bridgehead atoms. The van der Waals surface area contributed by atoms with Gasteiger partial charge in [0.1, 0.15) is 5.01 Å². The second kappa shape index (κ2) is 5.94. The Balaban J connectivity index is 2.55. The predicted molar refractivity (Wildman–Crippen MR) is 79.0 cm³/mol. The monoisotopic (exact) mass is 298 g/mol. The quantitative estimate of drug-likeness (QED) is 0.860. The van der Waals surface area contributed by atoms with Crippen LogP contribution in [0.1, 0.15) is 37.5 Å². The van der Waals surface area contributed by atoms with E-state index in [2.05, 4.69) is 36.0 Å². The van der Waals surface area contributed by atoms with Gasteiger partial charge in [-0.3, -0.25) is 9.67 Å². The van der Waals surface area contributed by atoms with Crippen molar-refractivity contribution in [3.05, 3.63) is 15.5 Å². The van der Waals surface area contributed by atoms with Crippen LogP contribution in [0, 0.1) is 4.77 Å². The van der Waals surface area contributed by atoms with Crippen molar-refractivity contribution in [3.63, 3.8) is 0 Å². The first-order chi connectivity index (χ1) is 9.08. The van der Waals surface area contributed by atoms with E-state index in [4.69, 9.17) is 17.0 Å². The fourth-order valence-electron chi connectivity index (χ4n) is 1.94. The third kappa shape index (κ3) is 2.77. The molecule has 19 heavy (non-hydrogen) atoms. The highest BCUT2D eigenvalue weighted by Crippen LogP contribution is 2.31. The van der Waals surface area contributed by atoms with Crippen LogP contribution in [-0.4, -0.2) is 26.9 Å². The lowest BCUT2D eigenvalue weighted by atomic mass is 10.2. The summed E-state index contributed by atoms with van der Waals surface area (Å²) in [6, 6.07) is 0.263. The van der Waals surface area contributed by atoms with Gasteiger partial charge in [0.05, 0.1) is 17.2 Å². The number of rotatable bonds is 5. The van der Waals surface area contributed by atoms with Crippen LogP contribution in [0.15, 0.2) is 0 Å². The number of H-pyrrole nitrogens is 1. The van der Waals surface area contributed by atoms with Crippen LogP contribution in [-0.2, 0) is 17.8 Å². The third-order valence-corrected chi connectivity index (χ3v) is 4.12. The van der Waals surface area contributed by atoms with Crippen molar-refractivity contribution < 1.29 is 4.74 Å². The first-order valence-corrected chi connectivity index (χ1v) is 7.45. The summed E-state index contributed by atoms with van der Waals surface area (Å²) in [7, 11) is 1.68. The molecule has 0 saturated carbocycles. The van der Waals surface area contributed by atoms with Crippen LogP contribution in [0.4, 0.5) is 0 Å². The predicted octanol–water partition coefficient (Wildman–Crippen LogP) is 3.35. The van der Waals surface area contributed by atoms with Gasteiger partial charge in [-0.1, -0.05) is 6.92 Å². The maximum Gasteiger partial charge on any atom is 0.195 e. The van der Waals surface area contributed by atoms with Crippen molar-refractivity contribution in [1.82, 2.24) is 19.7 Å². The van der Waals surface area contributed by atoms with E-state index in [9.17, 15) is 0 Å². The molecule has 5 nitrogen and oxygen atoms in total. The zero-order valence-electron chi connectivity index (χ0n) is 11.6. The molecule has 1 N–H and O–H groups in total. The summed E-state index contributed by atoms with van der Waals surface area (Å²) in [6.45, 7) is 6.82. The Morgan fingerprint density at radius 2 is 2.21 bits per heavy atom. The Bertz CT molecular complexity index is 612. The first kappa shape index (κ1) is 14.4. The van der Waals surface area contributed by atoms with Crippen LogP contribution in [0.3, 0.4) is 0 Å². The summed E-state index contributed by atoms with van der Waals surface area (Å²) in [5.41, 5.74) is 1.05. The minimum atomic E-state index is 0.263. The molecule has 2 rings (SSSR count). The Hall–Kier alpha value is -1.05. The highest BCUT2D eigenvalue weighted by molar-refractivity contribution is 7.71. The Morgan fingerprint density at radius 3 is 2.79 bits per heavy atom. The van der Waals surface area contributed by atoms with Crippen LogP contribution in [0.25, 0.3) is 10.7 Å². The van der Waals surface area contributed by atoms with E-state index < -0.39 is 0 Å². The first-order valence-electron chi connectivity index (χ1n) is 6.23. The molecule has 2 aromatic heterocycles. The molecule has 0 atom stereocenters. The minimum absolute atomic E-state index is 0.263. The molecular weight excluding hydrogens is 280 g/mol. The van der Waals surface area contributed by atoms with Gasteiger partial charge in [-0.25, -0.2) is 4.98 Å². The Kier molecular flexibility index (Phi) is 4.49. The number of thiazole rings is 1. The van der Waals surface area contributed by atoms with Crippen molar-refractivity contribution in [2.45, 2.75) is 39.8 Å². The zero-order chi connectivity index (χ0) is 14.0. The smallest absolute Gasteiger partial charge is 0.195 e. The van der Waals surface area contributed by atoms with Crippen LogP contribution in [0.5, 0.6) is 0 Å². The number of hydrogen-bond acceptors (Lipinski definition) is 5. The Labute approximate surface area is 121 Å². The molecule has 0 amide bonds. The summed E-state index contributed by atoms with van der Waals surface area (Å²) < 4.78 is 7.83. The van der Waals surface area contributed by atoms with Crippen molar-refractivity contribution in [1.29, 1.82) is 0 Å². The number of aromatic nitrogens is 4. The van der Waals surface area contributed by atoms with Gasteiger partial charge in [0, 0.05) is 13.2 Å². The van der Waals surface area contributed by atoms with Gasteiger partial charge < -0.3 is 4.74 Å².